The van der Waals surface area contributed by atoms with Crippen LogP contribution < -0.4 is 10.6 Å². The Labute approximate surface area is 167 Å². The molecule has 0 fully saturated rings. The highest BCUT2D eigenvalue weighted by molar-refractivity contribution is 14.0. The Hall–Kier alpha value is -1.36. The van der Waals surface area contributed by atoms with Gasteiger partial charge in [-0.15, -0.1) is 24.0 Å². The van der Waals surface area contributed by atoms with Gasteiger partial charge in [-0.05, 0) is 17.7 Å². The minimum absolute atomic E-state index is 0. The second-order valence-electron chi connectivity index (χ2n) is 5.49. The number of benzene rings is 1. The lowest BCUT2D eigenvalue weighted by atomic mass is 10.1. The summed E-state index contributed by atoms with van der Waals surface area (Å²) in [5, 5.41) is 6.08. The molecule has 1 amide bonds. The molecule has 0 heterocycles. The van der Waals surface area contributed by atoms with Gasteiger partial charge in [0.1, 0.15) is 0 Å². The first-order chi connectivity index (χ1) is 11.3. The quantitative estimate of drug-likeness (QED) is 0.345. The molecule has 0 aliphatic carbocycles. The molecule has 2 N–H and O–H groups in total. The fourth-order valence-corrected chi connectivity index (χ4v) is 2.60. The van der Waals surface area contributed by atoms with Gasteiger partial charge in [0, 0.05) is 45.5 Å². The van der Waals surface area contributed by atoms with Gasteiger partial charge in [0.15, 0.2) is 15.8 Å². The molecule has 0 aliphatic heterocycles. The van der Waals surface area contributed by atoms with E-state index in [0.29, 0.717) is 24.6 Å². The lowest BCUT2D eigenvalue weighted by molar-refractivity contribution is 0.0827. The monoisotopic (exact) mass is 482 g/mol. The molecule has 1 aromatic rings. The third kappa shape index (κ3) is 8.52. The summed E-state index contributed by atoms with van der Waals surface area (Å²) >= 11 is 0. The van der Waals surface area contributed by atoms with Crippen LogP contribution in [0, 0.1) is 0 Å². The number of sulfone groups is 1. The Morgan fingerprint density at radius 1 is 1.16 bits per heavy atom. The highest BCUT2D eigenvalue weighted by Crippen LogP contribution is 2.06. The van der Waals surface area contributed by atoms with Crippen LogP contribution in [0.2, 0.25) is 0 Å². The standard InChI is InChI=1S/C16H26N4O3S.HI/c1-5-24(22,23)11-10-18-16(17-2)19-12-13-6-8-14(9-7-13)15(21)20(3)4;/h6-9H,5,10-12H2,1-4H3,(H2,17,18,19);1H. The zero-order valence-electron chi connectivity index (χ0n) is 15.1. The number of carbonyl (C=O) groups is 1. The molecule has 25 heavy (non-hydrogen) atoms. The van der Waals surface area contributed by atoms with Crippen molar-refractivity contribution in [2.24, 2.45) is 4.99 Å². The molecule has 0 unspecified atom stereocenters. The number of rotatable bonds is 7. The van der Waals surface area contributed by atoms with Crippen molar-refractivity contribution < 1.29 is 13.2 Å². The first kappa shape index (κ1) is 23.6. The van der Waals surface area contributed by atoms with E-state index in [-0.39, 0.29) is 41.4 Å². The highest BCUT2D eigenvalue weighted by Gasteiger charge is 2.08. The molecule has 1 rings (SSSR count). The molecule has 1 aromatic carbocycles. The average molecular weight is 482 g/mol. The van der Waals surface area contributed by atoms with Gasteiger partial charge in [-0.3, -0.25) is 9.79 Å². The van der Waals surface area contributed by atoms with Crippen LogP contribution in [0.1, 0.15) is 22.8 Å². The molecule has 9 heteroatoms. The predicted molar refractivity (Wildman–Crippen MR) is 112 cm³/mol. The van der Waals surface area contributed by atoms with Gasteiger partial charge in [-0.2, -0.15) is 0 Å². The molecule has 0 bridgehead atoms. The van der Waals surface area contributed by atoms with E-state index in [9.17, 15) is 13.2 Å². The average Bonchev–Trinajstić information content (AvgIpc) is 2.57. The number of amides is 1. The molecule has 0 radical (unpaired) electrons. The highest BCUT2D eigenvalue weighted by atomic mass is 127. The van der Waals surface area contributed by atoms with E-state index >= 15 is 0 Å². The zero-order valence-corrected chi connectivity index (χ0v) is 18.2. The summed E-state index contributed by atoms with van der Waals surface area (Å²) in [6, 6.07) is 7.31. The van der Waals surface area contributed by atoms with Crippen LogP contribution in [0.4, 0.5) is 0 Å². The van der Waals surface area contributed by atoms with E-state index in [1.54, 1.807) is 40.2 Å². The van der Waals surface area contributed by atoms with Gasteiger partial charge in [0.05, 0.1) is 5.75 Å². The van der Waals surface area contributed by atoms with E-state index in [1.807, 2.05) is 12.1 Å². The minimum Gasteiger partial charge on any atom is -0.355 e. The number of halogens is 1. The van der Waals surface area contributed by atoms with Crippen molar-refractivity contribution in [3.63, 3.8) is 0 Å². The van der Waals surface area contributed by atoms with Gasteiger partial charge in [-0.25, -0.2) is 8.42 Å². The number of nitrogens with one attached hydrogen (secondary N) is 2. The molecule has 0 saturated carbocycles. The van der Waals surface area contributed by atoms with Crippen LogP contribution in [-0.2, 0) is 16.4 Å². The van der Waals surface area contributed by atoms with Crippen molar-refractivity contribution in [1.82, 2.24) is 15.5 Å². The summed E-state index contributed by atoms with van der Waals surface area (Å²) in [6.07, 6.45) is 0. The largest absolute Gasteiger partial charge is 0.355 e. The maximum absolute atomic E-state index is 11.8. The van der Waals surface area contributed by atoms with Gasteiger partial charge >= 0.3 is 0 Å². The first-order valence-electron chi connectivity index (χ1n) is 7.74. The van der Waals surface area contributed by atoms with Crippen molar-refractivity contribution in [3.05, 3.63) is 35.4 Å². The third-order valence-electron chi connectivity index (χ3n) is 3.44. The smallest absolute Gasteiger partial charge is 0.253 e. The molecule has 0 atom stereocenters. The molecule has 0 spiro atoms. The molecule has 0 saturated heterocycles. The second-order valence-corrected chi connectivity index (χ2v) is 7.96. The third-order valence-corrected chi connectivity index (χ3v) is 5.14. The van der Waals surface area contributed by atoms with Crippen LogP contribution in [-0.4, -0.2) is 64.4 Å². The zero-order chi connectivity index (χ0) is 18.2. The fraction of sp³-hybridized carbons (Fsp3) is 0.500. The summed E-state index contributed by atoms with van der Waals surface area (Å²) in [6.45, 7) is 2.47. The number of aliphatic imine (C=N–C) groups is 1. The number of hydrogen-bond acceptors (Lipinski definition) is 4. The second kappa shape index (κ2) is 11.3. The predicted octanol–water partition coefficient (Wildman–Crippen LogP) is 1.11. The van der Waals surface area contributed by atoms with Gasteiger partial charge < -0.3 is 15.5 Å². The summed E-state index contributed by atoms with van der Waals surface area (Å²) in [5.41, 5.74) is 1.63. The topological polar surface area (TPSA) is 90.9 Å². The minimum atomic E-state index is -2.99. The molecule has 142 valence electrons. The van der Waals surface area contributed by atoms with Crippen molar-refractivity contribution in [2.45, 2.75) is 13.5 Å². The maximum Gasteiger partial charge on any atom is 0.253 e. The van der Waals surface area contributed by atoms with Crippen LogP contribution in [0.15, 0.2) is 29.3 Å². The van der Waals surface area contributed by atoms with E-state index < -0.39 is 9.84 Å². The summed E-state index contributed by atoms with van der Waals surface area (Å²) in [7, 11) is 2.06. The molecule has 7 nitrogen and oxygen atoms in total. The number of hydrogen-bond donors (Lipinski definition) is 2. The molecular weight excluding hydrogens is 455 g/mol. The molecular formula is C16H27IN4O3S. The van der Waals surface area contributed by atoms with Gasteiger partial charge in [0.2, 0.25) is 0 Å². The van der Waals surface area contributed by atoms with Gasteiger partial charge in [0.25, 0.3) is 5.91 Å². The maximum atomic E-state index is 11.8. The van der Waals surface area contributed by atoms with Crippen LogP contribution in [0.3, 0.4) is 0 Å². The van der Waals surface area contributed by atoms with E-state index in [4.69, 9.17) is 0 Å². The Balaban J connectivity index is 0.00000576. The van der Waals surface area contributed by atoms with E-state index in [1.165, 1.54) is 4.90 Å². The number of guanidine groups is 1. The normalized spacial score (nSPS) is 11.4. The molecule has 0 aromatic heterocycles. The van der Waals surface area contributed by atoms with E-state index in [2.05, 4.69) is 15.6 Å². The Morgan fingerprint density at radius 3 is 2.24 bits per heavy atom. The summed E-state index contributed by atoms with van der Waals surface area (Å²) in [4.78, 5) is 17.4. The van der Waals surface area contributed by atoms with Crippen molar-refractivity contribution in [1.29, 1.82) is 0 Å². The molecule has 0 aliphatic rings. The SMILES string of the molecule is CCS(=O)(=O)CCNC(=NC)NCc1ccc(C(=O)N(C)C)cc1.I. The van der Waals surface area contributed by atoms with Crippen LogP contribution in [0.5, 0.6) is 0 Å². The summed E-state index contributed by atoms with van der Waals surface area (Å²) < 4.78 is 22.9. The Kier molecular flexibility index (Phi) is 10.7. The Morgan fingerprint density at radius 2 is 1.76 bits per heavy atom. The lowest BCUT2D eigenvalue weighted by Gasteiger charge is -2.13. The lowest BCUT2D eigenvalue weighted by Crippen LogP contribution is -2.39. The van der Waals surface area contributed by atoms with Crippen LogP contribution in [0.25, 0.3) is 0 Å². The first-order valence-corrected chi connectivity index (χ1v) is 9.56. The van der Waals surface area contributed by atoms with Crippen molar-refractivity contribution in [2.75, 3.05) is 39.2 Å². The Bertz CT molecular complexity index is 673. The van der Waals surface area contributed by atoms with Crippen molar-refractivity contribution >= 4 is 45.7 Å². The van der Waals surface area contributed by atoms with Crippen LogP contribution >= 0.6 is 24.0 Å². The number of nitrogens with zero attached hydrogens (tertiary/aromatic N) is 2. The number of carbonyl (C=O) groups excluding carboxylic acids is 1. The van der Waals surface area contributed by atoms with E-state index in [0.717, 1.165) is 5.56 Å². The summed E-state index contributed by atoms with van der Waals surface area (Å²) in [5.74, 6) is 0.712. The fourth-order valence-electron chi connectivity index (χ4n) is 1.90. The van der Waals surface area contributed by atoms with Crippen molar-refractivity contribution in [3.8, 4) is 0 Å². The van der Waals surface area contributed by atoms with Gasteiger partial charge in [-0.1, -0.05) is 19.1 Å².